The van der Waals surface area contributed by atoms with Crippen LogP contribution in [0.5, 0.6) is 0 Å². The van der Waals surface area contributed by atoms with Crippen LogP contribution in [0.15, 0.2) is 42.9 Å². The van der Waals surface area contributed by atoms with Crippen LogP contribution in [0, 0.1) is 0 Å². The topological polar surface area (TPSA) is 82.3 Å². The van der Waals surface area contributed by atoms with Gasteiger partial charge in [0.2, 0.25) is 0 Å². The highest BCUT2D eigenvalue weighted by Crippen LogP contribution is 2.19. The van der Waals surface area contributed by atoms with Crippen molar-refractivity contribution in [3.05, 3.63) is 48.4 Å². The number of pyridine rings is 1. The molecule has 0 aliphatic carbocycles. The summed E-state index contributed by atoms with van der Waals surface area (Å²) in [7, 11) is 0. The molecule has 3 heterocycles. The highest BCUT2D eigenvalue weighted by atomic mass is 15.1. The third-order valence-electron chi connectivity index (χ3n) is 3.35. The lowest BCUT2D eigenvalue weighted by atomic mass is 10.1. The summed E-state index contributed by atoms with van der Waals surface area (Å²) >= 11 is 0. The van der Waals surface area contributed by atoms with Gasteiger partial charge >= 0.3 is 0 Å². The lowest BCUT2D eigenvalue weighted by Crippen LogP contribution is -2.00. The molecule has 4 aromatic rings. The molecule has 1 aromatic carbocycles. The number of nitrogens with zero attached hydrogens (tertiary/aromatic N) is 3. The molecule has 0 aliphatic rings. The van der Waals surface area contributed by atoms with E-state index in [2.05, 4.69) is 36.8 Å². The number of anilines is 1. The largest absolute Gasteiger partial charge is 0.380 e. The number of aromatic amines is 2. The molecular weight excluding hydrogens is 252 g/mol. The van der Waals surface area contributed by atoms with Crippen molar-refractivity contribution in [1.29, 1.82) is 0 Å². The van der Waals surface area contributed by atoms with E-state index in [1.807, 2.05) is 24.4 Å². The number of H-pyrrole nitrogens is 2. The monoisotopic (exact) mass is 264 g/mol. The number of aromatic nitrogens is 5. The number of hydrogen-bond acceptors (Lipinski definition) is 4. The maximum atomic E-state index is 4.31. The summed E-state index contributed by atoms with van der Waals surface area (Å²) < 4.78 is 0. The standard InChI is InChI=1S/C14H12N6/c1-2-9(12-8-18-19-13(12)3-1)5-15-11-4-10-6-17-20-14(10)16-7-11/h1-4,6-8,15H,5H2,(H,18,19)(H,16,17,20). The molecule has 0 bridgehead atoms. The molecule has 98 valence electrons. The van der Waals surface area contributed by atoms with Crippen molar-refractivity contribution in [3.63, 3.8) is 0 Å². The van der Waals surface area contributed by atoms with Gasteiger partial charge in [0, 0.05) is 17.3 Å². The number of benzene rings is 1. The molecule has 20 heavy (non-hydrogen) atoms. The first-order chi connectivity index (χ1) is 9.90. The molecule has 0 fully saturated rings. The maximum absolute atomic E-state index is 4.31. The van der Waals surface area contributed by atoms with Crippen LogP contribution in [0.4, 0.5) is 5.69 Å². The van der Waals surface area contributed by atoms with Gasteiger partial charge in [0.1, 0.15) is 0 Å². The van der Waals surface area contributed by atoms with Crippen LogP contribution in [0.2, 0.25) is 0 Å². The minimum Gasteiger partial charge on any atom is -0.380 e. The molecule has 6 heteroatoms. The quantitative estimate of drug-likeness (QED) is 0.531. The van der Waals surface area contributed by atoms with Crippen molar-refractivity contribution in [2.75, 3.05) is 5.32 Å². The van der Waals surface area contributed by atoms with Crippen molar-refractivity contribution in [3.8, 4) is 0 Å². The molecule has 0 saturated carbocycles. The Hall–Kier alpha value is -2.89. The second-order valence-corrected chi connectivity index (χ2v) is 4.63. The van der Waals surface area contributed by atoms with Crippen molar-refractivity contribution in [2.45, 2.75) is 6.54 Å². The summed E-state index contributed by atoms with van der Waals surface area (Å²) in [5, 5.41) is 19.4. The van der Waals surface area contributed by atoms with E-state index in [0.29, 0.717) is 0 Å². The zero-order chi connectivity index (χ0) is 13.4. The van der Waals surface area contributed by atoms with Crippen LogP contribution >= 0.6 is 0 Å². The van der Waals surface area contributed by atoms with E-state index in [1.54, 1.807) is 12.4 Å². The second kappa shape index (κ2) is 4.34. The van der Waals surface area contributed by atoms with Crippen LogP contribution in [0.1, 0.15) is 5.56 Å². The van der Waals surface area contributed by atoms with Gasteiger partial charge in [0.05, 0.1) is 29.8 Å². The molecule has 0 unspecified atom stereocenters. The molecule has 3 N–H and O–H groups in total. The number of rotatable bonds is 3. The minimum atomic E-state index is 0.724. The van der Waals surface area contributed by atoms with E-state index in [0.717, 1.165) is 34.2 Å². The fraction of sp³-hybridized carbons (Fsp3) is 0.0714. The third-order valence-corrected chi connectivity index (χ3v) is 3.35. The van der Waals surface area contributed by atoms with E-state index >= 15 is 0 Å². The predicted molar refractivity (Wildman–Crippen MR) is 77.3 cm³/mol. The van der Waals surface area contributed by atoms with Gasteiger partial charge in [0.15, 0.2) is 5.65 Å². The van der Waals surface area contributed by atoms with Crippen LogP contribution in [-0.4, -0.2) is 25.4 Å². The normalized spacial score (nSPS) is 11.2. The Bertz CT molecular complexity index is 875. The van der Waals surface area contributed by atoms with Gasteiger partial charge in [-0.25, -0.2) is 4.98 Å². The van der Waals surface area contributed by atoms with Crippen LogP contribution < -0.4 is 5.32 Å². The van der Waals surface area contributed by atoms with Gasteiger partial charge in [-0.2, -0.15) is 10.2 Å². The lowest BCUT2D eigenvalue weighted by Gasteiger charge is -2.07. The molecule has 0 spiro atoms. The minimum absolute atomic E-state index is 0.724. The van der Waals surface area contributed by atoms with E-state index in [-0.39, 0.29) is 0 Å². The molecule has 4 rings (SSSR count). The highest BCUT2D eigenvalue weighted by molar-refractivity contribution is 5.82. The summed E-state index contributed by atoms with van der Waals surface area (Å²) in [5.74, 6) is 0. The first-order valence-electron chi connectivity index (χ1n) is 6.34. The lowest BCUT2D eigenvalue weighted by molar-refractivity contribution is 1.10. The summed E-state index contributed by atoms with van der Waals surface area (Å²) in [6.45, 7) is 0.724. The zero-order valence-corrected chi connectivity index (χ0v) is 10.6. The Labute approximate surface area is 114 Å². The second-order valence-electron chi connectivity index (χ2n) is 4.63. The molecule has 0 saturated heterocycles. The molecule has 0 atom stereocenters. The van der Waals surface area contributed by atoms with E-state index in [1.165, 1.54) is 5.56 Å². The first-order valence-corrected chi connectivity index (χ1v) is 6.34. The first kappa shape index (κ1) is 11.0. The Balaban J connectivity index is 1.61. The van der Waals surface area contributed by atoms with Gasteiger partial charge in [0.25, 0.3) is 0 Å². The molecule has 3 aromatic heterocycles. The number of fused-ring (bicyclic) bond motifs is 2. The fourth-order valence-electron chi connectivity index (χ4n) is 2.31. The van der Waals surface area contributed by atoms with Crippen LogP contribution in [-0.2, 0) is 6.54 Å². The van der Waals surface area contributed by atoms with Gasteiger partial charge in [-0.15, -0.1) is 0 Å². The Kier molecular flexibility index (Phi) is 2.38. The van der Waals surface area contributed by atoms with Gasteiger partial charge in [-0.05, 0) is 17.7 Å². The summed E-state index contributed by atoms with van der Waals surface area (Å²) in [6.07, 6.45) is 5.42. The van der Waals surface area contributed by atoms with Gasteiger partial charge in [-0.1, -0.05) is 12.1 Å². The van der Waals surface area contributed by atoms with Gasteiger partial charge in [-0.3, -0.25) is 10.2 Å². The predicted octanol–water partition coefficient (Wildman–Crippen LogP) is 2.45. The van der Waals surface area contributed by atoms with Crippen molar-refractivity contribution in [1.82, 2.24) is 25.4 Å². The van der Waals surface area contributed by atoms with Crippen LogP contribution in [0.25, 0.3) is 21.9 Å². The number of nitrogens with one attached hydrogen (secondary N) is 3. The molecule has 0 aliphatic heterocycles. The molecule has 0 radical (unpaired) electrons. The average Bonchev–Trinajstić information content (AvgIpc) is 3.13. The van der Waals surface area contributed by atoms with Crippen molar-refractivity contribution >= 4 is 27.6 Å². The highest BCUT2D eigenvalue weighted by Gasteiger charge is 2.03. The SMILES string of the molecule is c1cc(CNc2cnc3[nH]ncc3c2)c2cn[nH]c2c1. The Morgan fingerprint density at radius 1 is 1.05 bits per heavy atom. The van der Waals surface area contributed by atoms with E-state index in [9.17, 15) is 0 Å². The number of hydrogen-bond donors (Lipinski definition) is 3. The van der Waals surface area contributed by atoms with Crippen LogP contribution in [0.3, 0.4) is 0 Å². The zero-order valence-electron chi connectivity index (χ0n) is 10.6. The average molecular weight is 264 g/mol. The molecular formula is C14H12N6. The smallest absolute Gasteiger partial charge is 0.155 e. The third kappa shape index (κ3) is 1.78. The van der Waals surface area contributed by atoms with E-state index < -0.39 is 0 Å². The Morgan fingerprint density at radius 2 is 2.00 bits per heavy atom. The Morgan fingerprint density at radius 3 is 3.00 bits per heavy atom. The summed E-state index contributed by atoms with van der Waals surface area (Å²) in [5.41, 5.74) is 4.02. The van der Waals surface area contributed by atoms with Crippen molar-refractivity contribution < 1.29 is 0 Å². The maximum Gasteiger partial charge on any atom is 0.155 e. The summed E-state index contributed by atoms with van der Waals surface area (Å²) in [6, 6.07) is 8.16. The van der Waals surface area contributed by atoms with E-state index in [4.69, 9.17) is 0 Å². The fourth-order valence-corrected chi connectivity index (χ4v) is 2.31. The molecule has 6 nitrogen and oxygen atoms in total. The van der Waals surface area contributed by atoms with Gasteiger partial charge < -0.3 is 5.32 Å². The molecule has 0 amide bonds. The van der Waals surface area contributed by atoms with Crippen molar-refractivity contribution in [2.24, 2.45) is 0 Å². The summed E-state index contributed by atoms with van der Waals surface area (Å²) in [4.78, 5) is 4.31.